The fourth-order valence-electron chi connectivity index (χ4n) is 3.99. The average Bonchev–Trinajstić information content (AvgIpc) is 2.57. The van der Waals surface area contributed by atoms with Crippen LogP contribution in [0.1, 0.15) is 57.7 Å². The standard InChI is InChI=1S/C16H22N2O4/c1-7-16(6)10(3)15(4,5)11-8-12(17(19)20)9(2)14(13(11)16)18(21)22/h8,10H,7H2,1-6H3/t10-,16-/m1/s1. The molecule has 0 N–H and O–H groups in total. The van der Waals surface area contributed by atoms with Crippen LogP contribution in [0.25, 0.3) is 0 Å². The van der Waals surface area contributed by atoms with Gasteiger partial charge in [-0.1, -0.05) is 34.6 Å². The molecule has 2 atom stereocenters. The van der Waals surface area contributed by atoms with Gasteiger partial charge >= 0.3 is 0 Å². The minimum atomic E-state index is -0.523. The molecule has 1 aromatic rings. The molecule has 0 radical (unpaired) electrons. The van der Waals surface area contributed by atoms with Gasteiger partial charge in [0, 0.05) is 17.0 Å². The molecule has 0 unspecified atom stereocenters. The zero-order chi connectivity index (χ0) is 17.0. The van der Waals surface area contributed by atoms with Gasteiger partial charge in [0.1, 0.15) is 5.56 Å². The number of benzene rings is 1. The van der Waals surface area contributed by atoms with Crippen molar-refractivity contribution in [3.05, 3.63) is 43.0 Å². The lowest BCUT2D eigenvalue weighted by Gasteiger charge is -2.34. The lowest BCUT2D eigenvalue weighted by Crippen LogP contribution is -2.33. The summed E-state index contributed by atoms with van der Waals surface area (Å²) in [6, 6.07) is 1.55. The van der Waals surface area contributed by atoms with Crippen LogP contribution < -0.4 is 0 Å². The molecule has 6 nitrogen and oxygen atoms in total. The van der Waals surface area contributed by atoms with E-state index in [4.69, 9.17) is 0 Å². The number of hydrogen-bond donors (Lipinski definition) is 0. The molecule has 0 spiro atoms. The first-order valence-electron chi connectivity index (χ1n) is 7.47. The average molecular weight is 306 g/mol. The van der Waals surface area contributed by atoms with E-state index in [0.29, 0.717) is 5.56 Å². The SMILES string of the molecule is CC[C@@]1(C)c2c(cc([N+](=O)[O-])c(C)c2[N+](=O)[O-])C(C)(C)[C@H]1C. The molecule has 0 bridgehead atoms. The second kappa shape index (κ2) is 4.76. The van der Waals surface area contributed by atoms with Crippen molar-refractivity contribution < 1.29 is 9.85 Å². The van der Waals surface area contributed by atoms with Crippen molar-refractivity contribution in [1.29, 1.82) is 0 Å². The summed E-state index contributed by atoms with van der Waals surface area (Å²) >= 11 is 0. The van der Waals surface area contributed by atoms with Crippen molar-refractivity contribution in [3.8, 4) is 0 Å². The molecule has 0 aliphatic heterocycles. The predicted octanol–water partition coefficient (Wildman–Crippen LogP) is 4.41. The van der Waals surface area contributed by atoms with Crippen molar-refractivity contribution in [1.82, 2.24) is 0 Å². The molecule has 0 heterocycles. The zero-order valence-electron chi connectivity index (χ0n) is 13.9. The van der Waals surface area contributed by atoms with E-state index < -0.39 is 9.85 Å². The molecule has 1 aliphatic rings. The lowest BCUT2D eigenvalue weighted by molar-refractivity contribution is -0.396. The van der Waals surface area contributed by atoms with E-state index in [1.807, 2.05) is 27.7 Å². The highest BCUT2D eigenvalue weighted by Crippen LogP contribution is 2.59. The van der Waals surface area contributed by atoms with Crippen LogP contribution in [0.5, 0.6) is 0 Å². The Morgan fingerprint density at radius 3 is 2.14 bits per heavy atom. The van der Waals surface area contributed by atoms with Crippen LogP contribution in [0.3, 0.4) is 0 Å². The highest BCUT2D eigenvalue weighted by Gasteiger charge is 2.55. The van der Waals surface area contributed by atoms with Gasteiger partial charge in [-0.05, 0) is 30.2 Å². The first kappa shape index (κ1) is 16.4. The summed E-state index contributed by atoms with van der Waals surface area (Å²) in [4.78, 5) is 22.0. The van der Waals surface area contributed by atoms with Crippen molar-refractivity contribution >= 4 is 11.4 Å². The molecule has 120 valence electrons. The molecular weight excluding hydrogens is 284 g/mol. The van der Waals surface area contributed by atoms with E-state index in [1.165, 1.54) is 6.92 Å². The van der Waals surface area contributed by atoms with Crippen LogP contribution in [0.15, 0.2) is 6.07 Å². The molecule has 1 aliphatic carbocycles. The first-order valence-corrected chi connectivity index (χ1v) is 7.47. The Balaban J connectivity index is 3.01. The number of hydrogen-bond acceptors (Lipinski definition) is 4. The van der Waals surface area contributed by atoms with Gasteiger partial charge in [-0.2, -0.15) is 0 Å². The molecule has 0 amide bonds. The largest absolute Gasteiger partial charge is 0.283 e. The van der Waals surface area contributed by atoms with Crippen molar-refractivity contribution in [2.24, 2.45) is 5.92 Å². The normalized spacial score (nSPS) is 25.8. The Morgan fingerprint density at radius 1 is 1.18 bits per heavy atom. The van der Waals surface area contributed by atoms with E-state index in [-0.39, 0.29) is 33.7 Å². The third kappa shape index (κ3) is 1.86. The fourth-order valence-corrected chi connectivity index (χ4v) is 3.99. The van der Waals surface area contributed by atoms with Gasteiger partial charge in [-0.15, -0.1) is 0 Å². The Hall–Kier alpha value is -1.98. The van der Waals surface area contributed by atoms with Crippen LogP contribution in [0.2, 0.25) is 0 Å². The highest BCUT2D eigenvalue weighted by atomic mass is 16.6. The second-order valence-electron chi connectivity index (χ2n) is 7.02. The Kier molecular flexibility index (Phi) is 3.55. The van der Waals surface area contributed by atoms with Crippen LogP contribution in [-0.2, 0) is 10.8 Å². The summed E-state index contributed by atoms with van der Waals surface area (Å²) in [5.41, 5.74) is 0.633. The summed E-state index contributed by atoms with van der Waals surface area (Å²) in [7, 11) is 0. The van der Waals surface area contributed by atoms with Gasteiger partial charge in [-0.25, -0.2) is 0 Å². The van der Waals surface area contributed by atoms with Crippen LogP contribution in [0, 0.1) is 33.1 Å². The van der Waals surface area contributed by atoms with E-state index in [9.17, 15) is 20.2 Å². The summed E-state index contributed by atoms with van der Waals surface area (Å²) in [6.45, 7) is 11.6. The number of nitro benzene ring substituents is 2. The maximum absolute atomic E-state index is 11.7. The van der Waals surface area contributed by atoms with Gasteiger partial charge in [-0.3, -0.25) is 20.2 Å². The van der Waals surface area contributed by atoms with Gasteiger partial charge in [0.05, 0.1) is 9.85 Å². The number of nitrogens with zero attached hydrogens (tertiary/aromatic N) is 2. The third-order valence-electron chi connectivity index (χ3n) is 5.94. The van der Waals surface area contributed by atoms with E-state index in [2.05, 4.69) is 6.92 Å². The van der Waals surface area contributed by atoms with Crippen molar-refractivity contribution in [2.45, 2.75) is 58.8 Å². The van der Waals surface area contributed by atoms with E-state index >= 15 is 0 Å². The van der Waals surface area contributed by atoms with Crippen molar-refractivity contribution in [3.63, 3.8) is 0 Å². The second-order valence-corrected chi connectivity index (χ2v) is 7.02. The van der Waals surface area contributed by atoms with Gasteiger partial charge < -0.3 is 0 Å². The summed E-state index contributed by atoms with van der Waals surface area (Å²) in [5, 5.41) is 23.0. The molecule has 6 heteroatoms. The minimum absolute atomic E-state index is 0.0778. The summed E-state index contributed by atoms with van der Waals surface area (Å²) < 4.78 is 0. The van der Waals surface area contributed by atoms with Gasteiger partial charge in [0.2, 0.25) is 0 Å². The molecule has 0 saturated heterocycles. The highest BCUT2D eigenvalue weighted by molar-refractivity contribution is 5.67. The molecule has 0 aromatic heterocycles. The Morgan fingerprint density at radius 2 is 1.73 bits per heavy atom. The quantitative estimate of drug-likeness (QED) is 0.611. The predicted molar refractivity (Wildman–Crippen MR) is 84.3 cm³/mol. The minimum Gasteiger partial charge on any atom is -0.258 e. The molecule has 0 fully saturated rings. The maximum Gasteiger partial charge on any atom is 0.283 e. The Labute approximate surface area is 129 Å². The first-order chi connectivity index (χ1) is 10.00. The third-order valence-corrected chi connectivity index (χ3v) is 5.94. The lowest BCUT2D eigenvalue weighted by atomic mass is 9.69. The molecule has 0 saturated carbocycles. The van der Waals surface area contributed by atoms with Crippen molar-refractivity contribution in [2.75, 3.05) is 0 Å². The molecule has 2 rings (SSSR count). The van der Waals surface area contributed by atoms with Gasteiger partial charge in [0.25, 0.3) is 11.4 Å². The zero-order valence-corrected chi connectivity index (χ0v) is 13.9. The summed E-state index contributed by atoms with van der Waals surface area (Å²) in [6.07, 6.45) is 0.753. The van der Waals surface area contributed by atoms with Crippen LogP contribution in [0.4, 0.5) is 11.4 Å². The molecular formula is C16H22N2O4. The monoisotopic (exact) mass is 306 g/mol. The van der Waals surface area contributed by atoms with Crippen LogP contribution >= 0.6 is 0 Å². The smallest absolute Gasteiger partial charge is 0.258 e. The molecule has 22 heavy (non-hydrogen) atoms. The van der Waals surface area contributed by atoms with Gasteiger partial charge in [0.15, 0.2) is 0 Å². The fraction of sp³-hybridized carbons (Fsp3) is 0.625. The Bertz CT molecular complexity index is 681. The number of nitro groups is 2. The number of fused-ring (bicyclic) bond motifs is 1. The van der Waals surface area contributed by atoms with E-state index in [1.54, 1.807) is 6.07 Å². The number of rotatable bonds is 3. The molecule has 1 aromatic carbocycles. The summed E-state index contributed by atoms with van der Waals surface area (Å²) in [5.74, 6) is 0.153. The van der Waals surface area contributed by atoms with E-state index in [0.717, 1.165) is 12.0 Å². The topological polar surface area (TPSA) is 86.3 Å². The van der Waals surface area contributed by atoms with Crippen LogP contribution in [-0.4, -0.2) is 9.85 Å². The maximum atomic E-state index is 11.7.